The fraction of sp³-hybridized carbons (Fsp3) is 0.600. The van der Waals surface area contributed by atoms with E-state index in [-0.39, 0.29) is 6.54 Å². The van der Waals surface area contributed by atoms with E-state index in [0.717, 1.165) is 18.0 Å². The lowest BCUT2D eigenvalue weighted by atomic mass is 10.2. The van der Waals surface area contributed by atoms with Crippen molar-refractivity contribution in [1.82, 2.24) is 4.98 Å². The summed E-state index contributed by atoms with van der Waals surface area (Å²) in [5, 5.41) is 11.6. The smallest absolute Gasteiger partial charge is 0.323 e. The summed E-state index contributed by atoms with van der Waals surface area (Å²) in [4.78, 5) is 16.9. The molecule has 1 aliphatic rings. The lowest BCUT2D eigenvalue weighted by Crippen LogP contribution is -2.37. The van der Waals surface area contributed by atoms with Crippen LogP contribution in [0.2, 0.25) is 0 Å². The van der Waals surface area contributed by atoms with Crippen molar-refractivity contribution < 1.29 is 9.90 Å². The first-order chi connectivity index (χ1) is 7.27. The summed E-state index contributed by atoms with van der Waals surface area (Å²) >= 11 is 1.51. The molecule has 1 heterocycles. The summed E-state index contributed by atoms with van der Waals surface area (Å²) in [6.07, 6.45) is 6.31. The van der Waals surface area contributed by atoms with E-state index in [1.165, 1.54) is 24.2 Å². The number of carboxylic acids is 1. The van der Waals surface area contributed by atoms with Crippen molar-refractivity contribution in [3.05, 3.63) is 11.6 Å². The molecule has 0 unspecified atom stereocenters. The third-order valence-corrected chi connectivity index (χ3v) is 3.54. The molecule has 1 fully saturated rings. The van der Waals surface area contributed by atoms with Gasteiger partial charge in [-0.3, -0.25) is 4.79 Å². The third-order valence-electron chi connectivity index (χ3n) is 2.74. The van der Waals surface area contributed by atoms with E-state index in [9.17, 15) is 4.79 Å². The number of rotatable bonds is 4. The van der Waals surface area contributed by atoms with Crippen LogP contribution < -0.4 is 4.90 Å². The summed E-state index contributed by atoms with van der Waals surface area (Å²) < 4.78 is 0. The zero-order chi connectivity index (χ0) is 10.7. The molecule has 82 valence electrons. The van der Waals surface area contributed by atoms with Crippen molar-refractivity contribution in [3.8, 4) is 0 Å². The number of hydrogen-bond donors (Lipinski definition) is 1. The van der Waals surface area contributed by atoms with Gasteiger partial charge >= 0.3 is 5.97 Å². The minimum absolute atomic E-state index is 0.0676. The number of hydrogen-bond acceptors (Lipinski definition) is 4. The molecule has 15 heavy (non-hydrogen) atoms. The van der Waals surface area contributed by atoms with Crippen molar-refractivity contribution in [2.45, 2.75) is 31.7 Å². The summed E-state index contributed by atoms with van der Waals surface area (Å²) in [6.45, 7) is 0.0676. The number of nitrogens with zero attached hydrogens (tertiary/aromatic N) is 2. The van der Waals surface area contributed by atoms with Crippen LogP contribution in [0.5, 0.6) is 0 Å². The highest BCUT2D eigenvalue weighted by molar-refractivity contribution is 7.13. The quantitative estimate of drug-likeness (QED) is 0.853. The van der Waals surface area contributed by atoms with Crippen LogP contribution in [0.1, 0.15) is 25.7 Å². The van der Waals surface area contributed by atoms with Gasteiger partial charge in [-0.15, -0.1) is 11.3 Å². The zero-order valence-corrected chi connectivity index (χ0v) is 9.24. The monoisotopic (exact) mass is 226 g/mol. The third kappa shape index (κ3) is 2.47. The molecule has 2 rings (SSSR count). The molecule has 1 N–H and O–H groups in total. The average molecular weight is 226 g/mol. The van der Waals surface area contributed by atoms with Crippen molar-refractivity contribution in [2.24, 2.45) is 0 Å². The van der Waals surface area contributed by atoms with E-state index in [1.807, 2.05) is 10.3 Å². The molecule has 0 aliphatic heterocycles. The molecule has 0 aromatic carbocycles. The van der Waals surface area contributed by atoms with Crippen molar-refractivity contribution >= 4 is 22.4 Å². The first-order valence-electron chi connectivity index (χ1n) is 5.15. The van der Waals surface area contributed by atoms with E-state index in [0.29, 0.717) is 6.04 Å². The molecule has 1 saturated carbocycles. The average Bonchev–Trinajstić information content (AvgIpc) is 2.87. The van der Waals surface area contributed by atoms with Crippen LogP contribution >= 0.6 is 11.3 Å². The van der Waals surface area contributed by atoms with Gasteiger partial charge in [0.05, 0.1) is 0 Å². The maximum absolute atomic E-state index is 10.8. The van der Waals surface area contributed by atoms with Gasteiger partial charge < -0.3 is 10.0 Å². The predicted octanol–water partition coefficient (Wildman–Crippen LogP) is 1.98. The standard InChI is InChI=1S/C10H14N2O2S/c13-9(14)7-12(8-3-1-2-4-8)10-11-5-6-15-10/h5-6,8H,1-4,7H2,(H,13,14). The van der Waals surface area contributed by atoms with Gasteiger partial charge in [-0.2, -0.15) is 0 Å². The summed E-state index contributed by atoms with van der Waals surface area (Å²) in [7, 11) is 0. The highest BCUT2D eigenvalue weighted by Gasteiger charge is 2.25. The number of carbonyl (C=O) groups is 1. The van der Waals surface area contributed by atoms with Crippen LogP contribution in [-0.2, 0) is 4.79 Å². The normalized spacial score (nSPS) is 16.8. The molecule has 1 aromatic rings. The Balaban J connectivity index is 2.12. The Bertz CT molecular complexity index is 320. The summed E-state index contributed by atoms with van der Waals surface area (Å²) in [6, 6.07) is 0.368. The zero-order valence-electron chi connectivity index (χ0n) is 8.43. The summed E-state index contributed by atoms with van der Waals surface area (Å²) in [5.74, 6) is -0.780. The Morgan fingerprint density at radius 1 is 1.60 bits per heavy atom. The second-order valence-corrected chi connectivity index (χ2v) is 4.65. The van der Waals surface area contributed by atoms with Crippen LogP contribution in [0.3, 0.4) is 0 Å². The molecule has 1 aliphatic carbocycles. The Morgan fingerprint density at radius 2 is 2.33 bits per heavy atom. The second-order valence-electron chi connectivity index (χ2n) is 3.77. The number of thiazole rings is 1. The number of aromatic nitrogens is 1. The molecule has 0 spiro atoms. The van der Waals surface area contributed by atoms with Gasteiger partial charge in [0.1, 0.15) is 6.54 Å². The van der Waals surface area contributed by atoms with Gasteiger partial charge in [-0.05, 0) is 12.8 Å². The molecular weight excluding hydrogens is 212 g/mol. The largest absolute Gasteiger partial charge is 0.480 e. The highest BCUT2D eigenvalue weighted by Crippen LogP contribution is 2.29. The van der Waals surface area contributed by atoms with Crippen LogP contribution in [0.4, 0.5) is 5.13 Å². The molecule has 4 nitrogen and oxygen atoms in total. The fourth-order valence-corrected chi connectivity index (χ4v) is 2.79. The molecule has 0 bridgehead atoms. The lowest BCUT2D eigenvalue weighted by molar-refractivity contribution is -0.135. The molecule has 0 atom stereocenters. The highest BCUT2D eigenvalue weighted by atomic mass is 32.1. The predicted molar refractivity (Wildman–Crippen MR) is 59.4 cm³/mol. The second kappa shape index (κ2) is 4.61. The van der Waals surface area contributed by atoms with Crippen LogP contribution in [0.15, 0.2) is 11.6 Å². The van der Waals surface area contributed by atoms with Gasteiger partial charge in [0, 0.05) is 17.6 Å². The molecular formula is C10H14N2O2S. The fourth-order valence-electron chi connectivity index (χ4n) is 2.07. The van der Waals surface area contributed by atoms with E-state index < -0.39 is 5.97 Å². The van der Waals surface area contributed by atoms with E-state index in [1.54, 1.807) is 6.20 Å². The number of aliphatic carboxylic acids is 1. The van der Waals surface area contributed by atoms with Gasteiger partial charge in [0.2, 0.25) is 0 Å². The Labute approximate surface area is 92.6 Å². The first kappa shape index (κ1) is 10.4. The van der Waals surface area contributed by atoms with Crippen molar-refractivity contribution in [2.75, 3.05) is 11.4 Å². The van der Waals surface area contributed by atoms with Gasteiger partial charge in [0.25, 0.3) is 0 Å². The maximum atomic E-state index is 10.8. The molecule has 0 radical (unpaired) electrons. The van der Waals surface area contributed by atoms with E-state index >= 15 is 0 Å². The Kier molecular flexibility index (Phi) is 3.20. The van der Waals surface area contributed by atoms with Crippen LogP contribution in [0, 0.1) is 0 Å². The SMILES string of the molecule is O=C(O)CN(c1nccs1)C1CCCC1. The lowest BCUT2D eigenvalue weighted by Gasteiger charge is -2.26. The maximum Gasteiger partial charge on any atom is 0.323 e. The number of carboxylic acid groups (broad SMARTS) is 1. The minimum Gasteiger partial charge on any atom is -0.480 e. The molecule has 0 saturated heterocycles. The molecule has 0 amide bonds. The number of anilines is 1. The van der Waals surface area contributed by atoms with E-state index in [2.05, 4.69) is 4.98 Å². The van der Waals surface area contributed by atoms with Crippen LogP contribution in [-0.4, -0.2) is 28.6 Å². The summed E-state index contributed by atoms with van der Waals surface area (Å²) in [5.41, 5.74) is 0. The Morgan fingerprint density at radius 3 is 2.87 bits per heavy atom. The van der Waals surface area contributed by atoms with Crippen molar-refractivity contribution in [3.63, 3.8) is 0 Å². The topological polar surface area (TPSA) is 53.4 Å². The molecule has 5 heteroatoms. The van der Waals surface area contributed by atoms with Crippen LogP contribution in [0.25, 0.3) is 0 Å². The minimum atomic E-state index is -0.780. The van der Waals surface area contributed by atoms with E-state index in [4.69, 9.17) is 5.11 Å². The van der Waals surface area contributed by atoms with Gasteiger partial charge in [-0.1, -0.05) is 12.8 Å². The van der Waals surface area contributed by atoms with Gasteiger partial charge in [0.15, 0.2) is 5.13 Å². The van der Waals surface area contributed by atoms with Crippen molar-refractivity contribution in [1.29, 1.82) is 0 Å². The molecule has 1 aromatic heterocycles. The Hall–Kier alpha value is -1.10. The van der Waals surface area contributed by atoms with Gasteiger partial charge in [-0.25, -0.2) is 4.98 Å². The first-order valence-corrected chi connectivity index (χ1v) is 6.03.